The molecule has 0 bridgehead atoms. The van der Waals surface area contributed by atoms with Crippen LogP contribution in [0.1, 0.15) is 65.4 Å². The number of carbonyl (C=O) groups excluding carboxylic acids is 2. The standard InChI is InChI=1S/C24H26N2O5/c27-12-11-25-18-13-16(15-5-2-1-3-6-15)14-21(30)23(18)20(29)10-9-17-24-19(28)7-4-8-22(24)31-26-17/h1-3,5-6,16,27,29H,4,7-14H2/b23-20-,25-18?. The summed E-state index contributed by atoms with van der Waals surface area (Å²) in [5, 5.41) is 24.1. The molecule has 2 aliphatic carbocycles. The number of nitrogens with zero attached hydrogens (tertiary/aromatic N) is 2. The Morgan fingerprint density at radius 2 is 1.94 bits per heavy atom. The number of rotatable bonds is 6. The quantitative estimate of drug-likeness (QED) is 0.544. The summed E-state index contributed by atoms with van der Waals surface area (Å²) in [5.41, 5.74) is 2.89. The van der Waals surface area contributed by atoms with E-state index in [2.05, 4.69) is 10.1 Å². The first-order chi connectivity index (χ1) is 15.1. The van der Waals surface area contributed by atoms with Crippen molar-refractivity contribution in [1.82, 2.24) is 5.16 Å². The Morgan fingerprint density at radius 3 is 2.71 bits per heavy atom. The molecule has 2 N–H and O–H groups in total. The van der Waals surface area contributed by atoms with Gasteiger partial charge in [0, 0.05) is 37.8 Å². The molecule has 31 heavy (non-hydrogen) atoms. The molecule has 2 aromatic rings. The predicted octanol–water partition coefficient (Wildman–Crippen LogP) is 3.52. The first-order valence-electron chi connectivity index (χ1n) is 10.7. The van der Waals surface area contributed by atoms with Crippen LogP contribution in [0, 0.1) is 0 Å². The lowest BCUT2D eigenvalue weighted by atomic mass is 9.78. The van der Waals surface area contributed by atoms with Gasteiger partial charge in [0.2, 0.25) is 0 Å². The Bertz CT molecular complexity index is 1040. The van der Waals surface area contributed by atoms with Gasteiger partial charge in [-0.2, -0.15) is 0 Å². The summed E-state index contributed by atoms with van der Waals surface area (Å²) in [4.78, 5) is 29.6. The van der Waals surface area contributed by atoms with Crippen molar-refractivity contribution >= 4 is 17.3 Å². The molecule has 4 rings (SSSR count). The molecule has 7 nitrogen and oxygen atoms in total. The molecule has 1 saturated carbocycles. The molecule has 1 aromatic carbocycles. The number of fused-ring (bicyclic) bond motifs is 1. The fourth-order valence-corrected chi connectivity index (χ4v) is 4.43. The highest BCUT2D eigenvalue weighted by Gasteiger charge is 2.33. The molecule has 2 aliphatic rings. The van der Waals surface area contributed by atoms with Gasteiger partial charge in [-0.25, -0.2) is 0 Å². The van der Waals surface area contributed by atoms with Crippen molar-refractivity contribution in [2.24, 2.45) is 4.99 Å². The molecule has 7 heteroatoms. The van der Waals surface area contributed by atoms with Gasteiger partial charge in [-0.05, 0) is 24.3 Å². The van der Waals surface area contributed by atoms with Crippen molar-refractivity contribution in [2.45, 2.75) is 50.9 Å². The van der Waals surface area contributed by atoms with Crippen molar-refractivity contribution in [3.05, 3.63) is 64.2 Å². The van der Waals surface area contributed by atoms with E-state index in [0.29, 0.717) is 54.8 Å². The Labute approximate surface area is 180 Å². The zero-order valence-corrected chi connectivity index (χ0v) is 17.3. The molecule has 162 valence electrons. The van der Waals surface area contributed by atoms with E-state index in [1.54, 1.807) is 0 Å². The lowest BCUT2D eigenvalue weighted by molar-refractivity contribution is -0.116. The van der Waals surface area contributed by atoms with Crippen LogP contribution >= 0.6 is 0 Å². The minimum absolute atomic E-state index is 0.0112. The number of carbonyl (C=O) groups is 2. The van der Waals surface area contributed by atoms with Gasteiger partial charge < -0.3 is 14.7 Å². The van der Waals surface area contributed by atoms with E-state index in [1.807, 2.05) is 30.3 Å². The van der Waals surface area contributed by atoms with Gasteiger partial charge in [-0.1, -0.05) is 35.5 Å². The van der Waals surface area contributed by atoms with Crippen molar-refractivity contribution in [1.29, 1.82) is 0 Å². The van der Waals surface area contributed by atoms with Gasteiger partial charge in [-0.15, -0.1) is 0 Å². The number of hydrogen-bond acceptors (Lipinski definition) is 7. The van der Waals surface area contributed by atoms with Crippen LogP contribution in [-0.2, 0) is 17.6 Å². The number of aryl methyl sites for hydroxylation is 2. The number of benzene rings is 1. The average molecular weight is 422 g/mol. The normalized spacial score (nSPS) is 22.0. The lowest BCUT2D eigenvalue weighted by Gasteiger charge is -2.26. The summed E-state index contributed by atoms with van der Waals surface area (Å²) >= 11 is 0. The highest BCUT2D eigenvalue weighted by molar-refractivity contribution is 6.24. The molecule has 0 radical (unpaired) electrons. The Balaban J connectivity index is 1.56. The SMILES string of the molecule is O=C1CC(c2ccccc2)CC(=NCCO)/C1=C(/O)CCc1noc2c1C(=O)CCC2. The number of hydrogen-bond donors (Lipinski definition) is 2. The van der Waals surface area contributed by atoms with E-state index in [9.17, 15) is 19.8 Å². The first-order valence-corrected chi connectivity index (χ1v) is 10.7. The summed E-state index contributed by atoms with van der Waals surface area (Å²) in [6.07, 6.45) is 3.22. The Hall–Kier alpha value is -3.06. The summed E-state index contributed by atoms with van der Waals surface area (Å²) in [7, 11) is 0. The van der Waals surface area contributed by atoms with Gasteiger partial charge in [0.25, 0.3) is 0 Å². The van der Waals surface area contributed by atoms with Crippen LogP contribution in [0.3, 0.4) is 0 Å². The number of aromatic nitrogens is 1. The van der Waals surface area contributed by atoms with E-state index in [4.69, 9.17) is 4.52 Å². The minimum Gasteiger partial charge on any atom is -0.511 e. The summed E-state index contributed by atoms with van der Waals surface area (Å²) in [5.74, 6) is 0.418. The number of ketones is 2. The van der Waals surface area contributed by atoms with Gasteiger partial charge in [0.05, 0.1) is 30.0 Å². The zero-order valence-electron chi connectivity index (χ0n) is 17.3. The van der Waals surface area contributed by atoms with Crippen LogP contribution in [0.25, 0.3) is 0 Å². The van der Waals surface area contributed by atoms with E-state index in [-0.39, 0.29) is 48.4 Å². The predicted molar refractivity (Wildman–Crippen MR) is 115 cm³/mol. The summed E-state index contributed by atoms with van der Waals surface area (Å²) in [6.45, 7) is 0.0428. The van der Waals surface area contributed by atoms with E-state index in [0.717, 1.165) is 12.0 Å². The number of allylic oxidation sites excluding steroid dienone is 2. The van der Waals surface area contributed by atoms with Crippen molar-refractivity contribution in [3.63, 3.8) is 0 Å². The molecule has 1 fully saturated rings. The second-order valence-electron chi connectivity index (χ2n) is 8.02. The Morgan fingerprint density at radius 1 is 1.13 bits per heavy atom. The van der Waals surface area contributed by atoms with Crippen LogP contribution in [0.5, 0.6) is 0 Å². The van der Waals surface area contributed by atoms with Crippen LogP contribution in [0.15, 0.2) is 51.2 Å². The van der Waals surface area contributed by atoms with Gasteiger partial charge in [-0.3, -0.25) is 14.6 Å². The molecule has 1 atom stereocenters. The topological polar surface area (TPSA) is 113 Å². The maximum absolute atomic E-state index is 13.0. The fourth-order valence-electron chi connectivity index (χ4n) is 4.43. The molecular formula is C24H26N2O5. The maximum Gasteiger partial charge on any atom is 0.168 e. The Kier molecular flexibility index (Phi) is 6.42. The third kappa shape index (κ3) is 4.51. The second-order valence-corrected chi connectivity index (χ2v) is 8.02. The smallest absolute Gasteiger partial charge is 0.168 e. The average Bonchev–Trinajstić information content (AvgIpc) is 3.20. The fraction of sp³-hybridized carbons (Fsp3) is 0.417. The minimum atomic E-state index is -0.160. The molecule has 0 aliphatic heterocycles. The number of aliphatic hydroxyl groups excluding tert-OH is 2. The van der Waals surface area contributed by atoms with E-state index >= 15 is 0 Å². The molecular weight excluding hydrogens is 396 g/mol. The first kappa shape index (κ1) is 21.2. The van der Waals surface area contributed by atoms with Crippen LogP contribution in [0.4, 0.5) is 0 Å². The molecule has 0 saturated heterocycles. The third-order valence-electron chi connectivity index (χ3n) is 5.92. The molecule has 1 heterocycles. The monoisotopic (exact) mass is 422 g/mol. The molecule has 0 amide bonds. The number of aliphatic hydroxyl groups is 2. The maximum atomic E-state index is 13.0. The molecule has 1 unspecified atom stereocenters. The van der Waals surface area contributed by atoms with Gasteiger partial charge in [0.1, 0.15) is 11.5 Å². The van der Waals surface area contributed by atoms with Crippen LogP contribution in [0.2, 0.25) is 0 Å². The largest absolute Gasteiger partial charge is 0.511 e. The third-order valence-corrected chi connectivity index (χ3v) is 5.92. The van der Waals surface area contributed by atoms with Crippen LogP contribution < -0.4 is 0 Å². The molecule has 1 aromatic heterocycles. The van der Waals surface area contributed by atoms with E-state index < -0.39 is 0 Å². The summed E-state index contributed by atoms with van der Waals surface area (Å²) < 4.78 is 5.31. The molecule has 0 spiro atoms. The lowest BCUT2D eigenvalue weighted by Crippen LogP contribution is -2.27. The van der Waals surface area contributed by atoms with Crippen molar-refractivity contribution < 1.29 is 24.3 Å². The number of aliphatic imine (C=N–C) groups is 1. The van der Waals surface area contributed by atoms with Crippen molar-refractivity contribution in [3.8, 4) is 0 Å². The highest BCUT2D eigenvalue weighted by atomic mass is 16.5. The number of Topliss-reactive ketones (excluding diaryl/α,β-unsaturated/α-hetero) is 2. The summed E-state index contributed by atoms with van der Waals surface area (Å²) in [6, 6.07) is 9.78. The van der Waals surface area contributed by atoms with E-state index in [1.165, 1.54) is 0 Å². The zero-order chi connectivity index (χ0) is 21.8. The van der Waals surface area contributed by atoms with Gasteiger partial charge >= 0.3 is 0 Å². The second kappa shape index (κ2) is 9.39. The van der Waals surface area contributed by atoms with Crippen molar-refractivity contribution in [2.75, 3.05) is 13.2 Å². The highest BCUT2D eigenvalue weighted by Crippen LogP contribution is 2.34. The van der Waals surface area contributed by atoms with Crippen LogP contribution in [-0.4, -0.2) is 45.8 Å². The van der Waals surface area contributed by atoms with Gasteiger partial charge in [0.15, 0.2) is 11.6 Å².